The molecule has 1 saturated heterocycles. The van der Waals surface area contributed by atoms with Gasteiger partial charge in [0.15, 0.2) is 0 Å². The summed E-state index contributed by atoms with van der Waals surface area (Å²) in [5, 5.41) is 3.75. The van der Waals surface area contributed by atoms with E-state index in [4.69, 9.17) is 0 Å². The maximum Gasteiger partial charge on any atom is 0.0398 e. The van der Waals surface area contributed by atoms with Crippen molar-refractivity contribution >= 4 is 5.69 Å². The largest absolute Gasteiger partial charge is 0.388 e. The van der Waals surface area contributed by atoms with Crippen LogP contribution in [0.25, 0.3) is 0 Å². The second-order valence-corrected chi connectivity index (χ2v) is 8.01. The van der Waals surface area contributed by atoms with Crippen molar-refractivity contribution in [1.82, 2.24) is 5.32 Å². The van der Waals surface area contributed by atoms with Crippen molar-refractivity contribution in [2.45, 2.75) is 59.8 Å². The van der Waals surface area contributed by atoms with Gasteiger partial charge in [-0.3, -0.25) is 0 Å². The van der Waals surface area contributed by atoms with E-state index in [9.17, 15) is 0 Å². The predicted molar refractivity (Wildman–Crippen MR) is 105 cm³/mol. The van der Waals surface area contributed by atoms with Crippen LogP contribution in [0.5, 0.6) is 0 Å². The first kappa shape index (κ1) is 17.4. The molecule has 1 aromatic carbocycles. The number of rotatable bonds is 5. The number of anilines is 1. The van der Waals surface area contributed by atoms with E-state index in [-0.39, 0.29) is 0 Å². The Kier molecular flexibility index (Phi) is 5.53. The van der Waals surface area contributed by atoms with Gasteiger partial charge in [-0.2, -0.15) is 0 Å². The summed E-state index contributed by atoms with van der Waals surface area (Å²) >= 11 is 0. The molecule has 2 heteroatoms. The lowest BCUT2D eigenvalue weighted by molar-refractivity contribution is 0.288. The maximum absolute atomic E-state index is 3.75. The van der Waals surface area contributed by atoms with E-state index in [0.29, 0.717) is 0 Å². The molecule has 24 heavy (non-hydrogen) atoms. The van der Waals surface area contributed by atoms with Crippen LogP contribution < -0.4 is 10.2 Å². The van der Waals surface area contributed by atoms with E-state index in [1.54, 1.807) is 5.57 Å². The van der Waals surface area contributed by atoms with Gasteiger partial charge in [0, 0.05) is 31.0 Å². The highest BCUT2D eigenvalue weighted by Crippen LogP contribution is 2.31. The van der Waals surface area contributed by atoms with Crippen LogP contribution in [0.2, 0.25) is 0 Å². The van der Waals surface area contributed by atoms with Crippen LogP contribution in [0.1, 0.15) is 57.1 Å². The van der Waals surface area contributed by atoms with Crippen molar-refractivity contribution in [2.24, 2.45) is 11.8 Å². The molecule has 0 bridgehead atoms. The number of piperidine rings is 1. The lowest BCUT2D eigenvalue weighted by Gasteiger charge is -2.37. The highest BCUT2D eigenvalue weighted by atomic mass is 15.1. The zero-order chi connectivity index (χ0) is 17.1. The van der Waals surface area contributed by atoms with E-state index in [1.807, 2.05) is 0 Å². The zero-order valence-electron chi connectivity index (χ0n) is 16.0. The molecule has 2 nitrogen and oxygen atoms in total. The van der Waals surface area contributed by atoms with Gasteiger partial charge in [-0.05, 0) is 81.9 Å². The van der Waals surface area contributed by atoms with Crippen LogP contribution in [0, 0.1) is 25.7 Å². The Morgan fingerprint density at radius 1 is 1.12 bits per heavy atom. The molecular formula is C22H34N2. The fourth-order valence-corrected chi connectivity index (χ4v) is 4.37. The van der Waals surface area contributed by atoms with Crippen LogP contribution in [0.4, 0.5) is 5.69 Å². The first-order valence-corrected chi connectivity index (χ1v) is 9.80. The molecule has 0 amide bonds. The topological polar surface area (TPSA) is 15.3 Å². The number of allylic oxidation sites excluding steroid dienone is 2. The fourth-order valence-electron chi connectivity index (χ4n) is 4.37. The standard InChI is InChI=1S/C22H34N2/c1-16-7-6-10-22(19(16)4)24-13-11-20(12-14-24)18(3)15-23-21-9-5-8-17(21)2/h6-7,10,18,20,23H,5,8-9,11-15H2,1-4H3. The first-order valence-electron chi connectivity index (χ1n) is 9.80. The molecule has 2 aliphatic rings. The molecule has 1 N–H and O–H groups in total. The minimum absolute atomic E-state index is 0.770. The van der Waals surface area contributed by atoms with E-state index in [2.05, 4.69) is 56.1 Å². The smallest absolute Gasteiger partial charge is 0.0398 e. The van der Waals surface area contributed by atoms with E-state index >= 15 is 0 Å². The summed E-state index contributed by atoms with van der Waals surface area (Å²) in [6.07, 6.45) is 6.56. The number of hydrogen-bond donors (Lipinski definition) is 1. The second-order valence-electron chi connectivity index (χ2n) is 8.01. The van der Waals surface area contributed by atoms with Crippen LogP contribution in [-0.4, -0.2) is 19.6 Å². The average Bonchev–Trinajstić information content (AvgIpc) is 3.00. The molecule has 1 aliphatic heterocycles. The first-order chi connectivity index (χ1) is 11.6. The van der Waals surface area contributed by atoms with Gasteiger partial charge in [0.25, 0.3) is 0 Å². The van der Waals surface area contributed by atoms with Crippen LogP contribution in [-0.2, 0) is 0 Å². The molecule has 0 saturated carbocycles. The Morgan fingerprint density at radius 3 is 2.54 bits per heavy atom. The lowest BCUT2D eigenvalue weighted by atomic mass is 9.85. The SMILES string of the molecule is CC1=C(NCC(C)C2CCN(c3cccc(C)c3C)CC2)CCC1. The van der Waals surface area contributed by atoms with Crippen molar-refractivity contribution in [3.63, 3.8) is 0 Å². The molecule has 1 heterocycles. The summed E-state index contributed by atoms with van der Waals surface area (Å²) in [6.45, 7) is 12.8. The number of benzene rings is 1. The van der Waals surface area contributed by atoms with Crippen LogP contribution >= 0.6 is 0 Å². The molecule has 1 unspecified atom stereocenters. The summed E-state index contributed by atoms with van der Waals surface area (Å²) in [6, 6.07) is 6.72. The molecule has 1 aliphatic carbocycles. The van der Waals surface area contributed by atoms with Crippen LogP contribution in [0.15, 0.2) is 29.5 Å². The Labute approximate surface area is 148 Å². The summed E-state index contributed by atoms with van der Waals surface area (Å²) in [4.78, 5) is 2.60. The van der Waals surface area contributed by atoms with Gasteiger partial charge in [-0.25, -0.2) is 0 Å². The molecule has 132 valence electrons. The van der Waals surface area contributed by atoms with E-state index < -0.39 is 0 Å². The lowest BCUT2D eigenvalue weighted by Crippen LogP contribution is -2.38. The van der Waals surface area contributed by atoms with Crippen molar-refractivity contribution in [3.8, 4) is 0 Å². The van der Waals surface area contributed by atoms with Gasteiger partial charge in [0.2, 0.25) is 0 Å². The highest BCUT2D eigenvalue weighted by molar-refractivity contribution is 5.56. The normalized spacial score (nSPS) is 20.6. The van der Waals surface area contributed by atoms with Gasteiger partial charge in [-0.1, -0.05) is 24.6 Å². The predicted octanol–water partition coefficient (Wildman–Crippen LogP) is 5.20. The summed E-state index contributed by atoms with van der Waals surface area (Å²) in [5.41, 5.74) is 7.44. The number of hydrogen-bond acceptors (Lipinski definition) is 2. The minimum atomic E-state index is 0.770. The van der Waals surface area contributed by atoms with Gasteiger partial charge < -0.3 is 10.2 Å². The quantitative estimate of drug-likeness (QED) is 0.799. The number of nitrogens with zero attached hydrogens (tertiary/aromatic N) is 1. The number of nitrogens with one attached hydrogen (secondary N) is 1. The number of aryl methyl sites for hydroxylation is 1. The molecule has 1 aromatic rings. The van der Waals surface area contributed by atoms with Gasteiger partial charge in [0.1, 0.15) is 0 Å². The molecule has 0 spiro atoms. The third-order valence-corrected chi connectivity index (χ3v) is 6.39. The molecule has 1 fully saturated rings. The minimum Gasteiger partial charge on any atom is -0.388 e. The van der Waals surface area contributed by atoms with Gasteiger partial charge in [0.05, 0.1) is 0 Å². The fraction of sp³-hybridized carbons (Fsp3) is 0.636. The van der Waals surface area contributed by atoms with Gasteiger partial charge in [-0.15, -0.1) is 0 Å². The third-order valence-electron chi connectivity index (χ3n) is 6.39. The summed E-state index contributed by atoms with van der Waals surface area (Å²) < 4.78 is 0. The van der Waals surface area contributed by atoms with Crippen LogP contribution in [0.3, 0.4) is 0 Å². The van der Waals surface area contributed by atoms with Crippen molar-refractivity contribution in [3.05, 3.63) is 40.6 Å². The molecule has 3 rings (SSSR count). The Morgan fingerprint density at radius 2 is 1.88 bits per heavy atom. The second kappa shape index (κ2) is 7.63. The van der Waals surface area contributed by atoms with Crippen molar-refractivity contribution in [1.29, 1.82) is 0 Å². The van der Waals surface area contributed by atoms with E-state index in [1.165, 1.54) is 67.7 Å². The third kappa shape index (κ3) is 3.79. The summed E-state index contributed by atoms with van der Waals surface area (Å²) in [5.74, 6) is 1.63. The molecule has 0 aromatic heterocycles. The van der Waals surface area contributed by atoms with Crippen molar-refractivity contribution < 1.29 is 0 Å². The molecular weight excluding hydrogens is 292 g/mol. The van der Waals surface area contributed by atoms with E-state index in [0.717, 1.165) is 18.4 Å². The maximum atomic E-state index is 3.75. The molecule has 1 atom stereocenters. The van der Waals surface area contributed by atoms with Crippen molar-refractivity contribution in [2.75, 3.05) is 24.5 Å². The van der Waals surface area contributed by atoms with Gasteiger partial charge >= 0.3 is 0 Å². The Balaban J connectivity index is 1.51. The monoisotopic (exact) mass is 326 g/mol. The summed E-state index contributed by atoms with van der Waals surface area (Å²) in [7, 11) is 0. The zero-order valence-corrected chi connectivity index (χ0v) is 16.0. The Bertz CT molecular complexity index is 594. The average molecular weight is 327 g/mol. The highest BCUT2D eigenvalue weighted by Gasteiger charge is 2.25. The Hall–Kier alpha value is -1.44. The molecule has 0 radical (unpaired) electrons.